The van der Waals surface area contributed by atoms with Gasteiger partial charge in [-0.25, -0.2) is 13.1 Å². The molecule has 2 aromatic carbocycles. The summed E-state index contributed by atoms with van der Waals surface area (Å²) in [6.07, 6.45) is 0. The van der Waals surface area contributed by atoms with Gasteiger partial charge in [-0.05, 0) is 42.8 Å². The molecular formula is C19H23ClN2O5S. The molecule has 0 spiro atoms. The summed E-state index contributed by atoms with van der Waals surface area (Å²) in [6.45, 7) is 3.20. The van der Waals surface area contributed by atoms with E-state index in [4.69, 9.17) is 21.1 Å². The van der Waals surface area contributed by atoms with Crippen LogP contribution in [0.5, 0.6) is 5.75 Å². The second-order valence-corrected chi connectivity index (χ2v) is 7.94. The molecule has 0 aliphatic rings. The Morgan fingerprint density at radius 2 is 1.86 bits per heavy atom. The number of hydrogen-bond donors (Lipinski definition) is 2. The number of nitrogens with one attached hydrogen (secondary N) is 2. The van der Waals surface area contributed by atoms with E-state index in [-0.39, 0.29) is 22.8 Å². The third-order valence-corrected chi connectivity index (χ3v) is 5.51. The van der Waals surface area contributed by atoms with Gasteiger partial charge in [-0.15, -0.1) is 0 Å². The van der Waals surface area contributed by atoms with Crippen LogP contribution in [0.25, 0.3) is 0 Å². The number of ether oxygens (including phenoxy) is 2. The van der Waals surface area contributed by atoms with Crippen LogP contribution in [0, 0.1) is 0 Å². The number of hydrogen-bond acceptors (Lipinski definition) is 5. The summed E-state index contributed by atoms with van der Waals surface area (Å²) < 4.78 is 38.3. The third-order valence-electron chi connectivity index (χ3n) is 3.83. The molecule has 0 fully saturated rings. The molecule has 0 aliphatic heterocycles. The van der Waals surface area contributed by atoms with Crippen molar-refractivity contribution in [3.63, 3.8) is 0 Å². The Labute approximate surface area is 170 Å². The first kappa shape index (κ1) is 22.2. The molecule has 0 heterocycles. The minimum atomic E-state index is -3.91. The van der Waals surface area contributed by atoms with Crippen LogP contribution in [-0.2, 0) is 21.3 Å². The molecule has 0 radical (unpaired) electrons. The number of halogens is 1. The van der Waals surface area contributed by atoms with Gasteiger partial charge in [0.05, 0.1) is 13.7 Å². The van der Waals surface area contributed by atoms with Gasteiger partial charge >= 0.3 is 0 Å². The van der Waals surface area contributed by atoms with E-state index >= 15 is 0 Å². The van der Waals surface area contributed by atoms with Gasteiger partial charge in [0.15, 0.2) is 0 Å². The van der Waals surface area contributed by atoms with Crippen LogP contribution >= 0.6 is 11.6 Å². The van der Waals surface area contributed by atoms with Crippen molar-refractivity contribution in [1.82, 2.24) is 10.0 Å². The normalized spacial score (nSPS) is 11.2. The lowest BCUT2D eigenvalue weighted by molar-refractivity contribution is 0.0922. The first-order chi connectivity index (χ1) is 13.4. The van der Waals surface area contributed by atoms with Crippen molar-refractivity contribution in [3.8, 4) is 5.75 Å². The predicted molar refractivity (Wildman–Crippen MR) is 107 cm³/mol. The molecule has 2 aromatic rings. The molecule has 0 atom stereocenters. The van der Waals surface area contributed by atoms with Crippen molar-refractivity contribution in [2.45, 2.75) is 18.4 Å². The van der Waals surface area contributed by atoms with E-state index < -0.39 is 15.9 Å². The van der Waals surface area contributed by atoms with Crippen molar-refractivity contribution in [1.29, 1.82) is 0 Å². The number of amides is 1. The summed E-state index contributed by atoms with van der Waals surface area (Å²) in [6, 6.07) is 11.1. The van der Waals surface area contributed by atoms with Crippen LogP contribution in [0.2, 0.25) is 5.02 Å². The zero-order valence-corrected chi connectivity index (χ0v) is 17.3. The van der Waals surface area contributed by atoms with E-state index in [9.17, 15) is 13.2 Å². The van der Waals surface area contributed by atoms with Gasteiger partial charge in [0.2, 0.25) is 10.0 Å². The smallest absolute Gasteiger partial charge is 0.251 e. The lowest BCUT2D eigenvalue weighted by atomic mass is 10.2. The van der Waals surface area contributed by atoms with E-state index in [1.165, 1.54) is 25.3 Å². The second-order valence-electron chi connectivity index (χ2n) is 5.77. The van der Waals surface area contributed by atoms with Gasteiger partial charge < -0.3 is 14.8 Å². The predicted octanol–water partition coefficient (Wildman–Crippen LogP) is 2.59. The molecule has 7 nitrogen and oxygen atoms in total. The first-order valence-electron chi connectivity index (χ1n) is 8.65. The highest BCUT2D eigenvalue weighted by Gasteiger charge is 2.21. The number of carbonyl (C=O) groups excluding carboxylic acids is 1. The Morgan fingerprint density at radius 1 is 1.14 bits per heavy atom. The van der Waals surface area contributed by atoms with Gasteiger partial charge in [0, 0.05) is 30.3 Å². The average molecular weight is 427 g/mol. The molecule has 152 valence electrons. The molecule has 0 unspecified atom stereocenters. The van der Waals surface area contributed by atoms with Crippen LogP contribution in [0.3, 0.4) is 0 Å². The monoisotopic (exact) mass is 426 g/mol. The zero-order chi connectivity index (χ0) is 20.6. The third kappa shape index (κ3) is 6.20. The van der Waals surface area contributed by atoms with Crippen molar-refractivity contribution in [2.75, 3.05) is 26.9 Å². The molecule has 2 rings (SSSR count). The molecule has 0 bridgehead atoms. The van der Waals surface area contributed by atoms with Crippen molar-refractivity contribution < 1.29 is 22.7 Å². The zero-order valence-electron chi connectivity index (χ0n) is 15.7. The topological polar surface area (TPSA) is 93.7 Å². The van der Waals surface area contributed by atoms with E-state index in [1.54, 1.807) is 24.3 Å². The Morgan fingerprint density at radius 3 is 2.50 bits per heavy atom. The fourth-order valence-corrected chi connectivity index (χ4v) is 3.71. The highest BCUT2D eigenvalue weighted by atomic mass is 35.5. The fraction of sp³-hybridized carbons (Fsp3) is 0.316. The minimum absolute atomic E-state index is 0.0768. The maximum atomic E-state index is 12.8. The molecule has 0 aliphatic carbocycles. The molecular weight excluding hydrogens is 404 g/mol. The summed E-state index contributed by atoms with van der Waals surface area (Å²) in [5.74, 6) is -0.244. The largest absolute Gasteiger partial charge is 0.495 e. The summed E-state index contributed by atoms with van der Waals surface area (Å²) in [5.41, 5.74) is 0.959. The molecule has 0 aromatic heterocycles. The van der Waals surface area contributed by atoms with Gasteiger partial charge in [0.25, 0.3) is 5.91 Å². The Bertz CT molecular complexity index is 901. The van der Waals surface area contributed by atoms with E-state index in [1.807, 2.05) is 6.92 Å². The standard InChI is InChI=1S/C19H23ClN2O5S/c1-3-27-11-10-21-19(23)15-6-9-17(26-2)18(12-15)28(24,25)22-13-14-4-7-16(20)8-5-14/h4-9,12,22H,3,10-11,13H2,1-2H3,(H,21,23). The number of carbonyl (C=O) groups is 1. The fourth-order valence-electron chi connectivity index (χ4n) is 2.37. The van der Waals surface area contributed by atoms with Gasteiger partial charge in [-0.1, -0.05) is 23.7 Å². The maximum absolute atomic E-state index is 12.8. The van der Waals surface area contributed by atoms with E-state index in [0.717, 1.165) is 5.56 Å². The summed E-state index contributed by atoms with van der Waals surface area (Å²) in [7, 11) is -2.54. The second kappa shape index (κ2) is 10.4. The molecule has 0 saturated heterocycles. The van der Waals surface area contributed by atoms with Crippen molar-refractivity contribution in [2.24, 2.45) is 0 Å². The van der Waals surface area contributed by atoms with Gasteiger partial charge in [0.1, 0.15) is 10.6 Å². The highest BCUT2D eigenvalue weighted by molar-refractivity contribution is 7.89. The SMILES string of the molecule is CCOCCNC(=O)c1ccc(OC)c(S(=O)(=O)NCc2ccc(Cl)cc2)c1. The molecule has 9 heteroatoms. The molecule has 1 amide bonds. The van der Waals surface area contributed by atoms with Crippen LogP contribution in [-0.4, -0.2) is 41.2 Å². The first-order valence-corrected chi connectivity index (χ1v) is 10.5. The number of rotatable bonds is 10. The highest BCUT2D eigenvalue weighted by Crippen LogP contribution is 2.25. The van der Waals surface area contributed by atoms with Gasteiger partial charge in [-0.3, -0.25) is 4.79 Å². The number of methoxy groups -OCH3 is 1. The lowest BCUT2D eigenvalue weighted by Gasteiger charge is -2.13. The summed E-state index contributed by atoms with van der Waals surface area (Å²) in [5, 5.41) is 3.25. The Hall–Kier alpha value is -2.13. The molecule has 28 heavy (non-hydrogen) atoms. The van der Waals surface area contributed by atoms with Crippen LogP contribution in [0.1, 0.15) is 22.8 Å². The average Bonchev–Trinajstić information content (AvgIpc) is 2.70. The van der Waals surface area contributed by atoms with E-state index in [0.29, 0.717) is 24.8 Å². The maximum Gasteiger partial charge on any atom is 0.251 e. The Balaban J connectivity index is 2.16. The minimum Gasteiger partial charge on any atom is -0.495 e. The molecule has 2 N–H and O–H groups in total. The Kier molecular flexibility index (Phi) is 8.25. The van der Waals surface area contributed by atoms with Crippen LogP contribution < -0.4 is 14.8 Å². The lowest BCUT2D eigenvalue weighted by Crippen LogP contribution is -2.28. The summed E-state index contributed by atoms with van der Waals surface area (Å²) >= 11 is 5.84. The van der Waals surface area contributed by atoms with Crippen LogP contribution in [0.15, 0.2) is 47.4 Å². The van der Waals surface area contributed by atoms with Crippen molar-refractivity contribution in [3.05, 3.63) is 58.6 Å². The summed E-state index contributed by atoms with van der Waals surface area (Å²) in [4.78, 5) is 12.2. The van der Waals surface area contributed by atoms with Gasteiger partial charge in [-0.2, -0.15) is 0 Å². The quantitative estimate of drug-likeness (QED) is 0.569. The number of sulfonamides is 1. The van der Waals surface area contributed by atoms with Crippen LogP contribution in [0.4, 0.5) is 0 Å². The molecule has 0 saturated carbocycles. The van der Waals surface area contributed by atoms with Crippen molar-refractivity contribution >= 4 is 27.5 Å². The van der Waals surface area contributed by atoms with E-state index in [2.05, 4.69) is 10.0 Å². The number of benzene rings is 2.